The lowest BCUT2D eigenvalue weighted by molar-refractivity contribution is 0.0804. The Kier molecular flexibility index (Phi) is 3.78. The highest BCUT2D eigenvalue weighted by molar-refractivity contribution is 5.21. The Morgan fingerprint density at radius 2 is 2.22 bits per heavy atom. The van der Waals surface area contributed by atoms with Crippen molar-refractivity contribution in [2.45, 2.75) is 39.7 Å². The van der Waals surface area contributed by atoms with Gasteiger partial charge in [-0.15, -0.1) is 0 Å². The van der Waals surface area contributed by atoms with Crippen molar-refractivity contribution in [3.05, 3.63) is 17.5 Å². The quantitative estimate of drug-likeness (QED) is 0.890. The van der Waals surface area contributed by atoms with Crippen molar-refractivity contribution < 1.29 is 0 Å². The van der Waals surface area contributed by atoms with Crippen LogP contribution in [0, 0.1) is 12.3 Å². The van der Waals surface area contributed by atoms with Crippen LogP contribution in [0.5, 0.6) is 0 Å². The SMILES string of the molecule is Cc1c(C(CN)N2CCCC(C)(C)C2)cnn1C. The molecule has 1 aliphatic heterocycles. The minimum atomic E-state index is 0.318. The zero-order valence-electron chi connectivity index (χ0n) is 12.1. The zero-order valence-corrected chi connectivity index (χ0v) is 12.1. The lowest BCUT2D eigenvalue weighted by Crippen LogP contribution is -2.44. The number of nitrogens with zero attached hydrogens (tertiary/aromatic N) is 3. The Balaban J connectivity index is 2.21. The maximum atomic E-state index is 6.02. The Hall–Kier alpha value is -0.870. The normalized spacial score (nSPS) is 22.1. The van der Waals surface area contributed by atoms with Crippen molar-refractivity contribution in [1.29, 1.82) is 0 Å². The summed E-state index contributed by atoms with van der Waals surface area (Å²) >= 11 is 0. The number of piperidine rings is 1. The van der Waals surface area contributed by atoms with Crippen LogP contribution in [-0.4, -0.2) is 34.3 Å². The number of nitrogens with two attached hydrogens (primary N) is 1. The lowest BCUT2D eigenvalue weighted by atomic mass is 9.83. The van der Waals surface area contributed by atoms with Crippen molar-refractivity contribution in [2.24, 2.45) is 18.2 Å². The summed E-state index contributed by atoms with van der Waals surface area (Å²) in [5, 5.41) is 4.35. The molecule has 1 saturated heterocycles. The second kappa shape index (κ2) is 5.02. The van der Waals surface area contributed by atoms with E-state index >= 15 is 0 Å². The molecule has 2 heterocycles. The van der Waals surface area contributed by atoms with Crippen molar-refractivity contribution in [3.8, 4) is 0 Å². The first-order valence-electron chi connectivity index (χ1n) is 6.87. The van der Waals surface area contributed by atoms with Gasteiger partial charge in [0.05, 0.1) is 12.2 Å². The molecule has 2 rings (SSSR count). The van der Waals surface area contributed by atoms with Gasteiger partial charge in [-0.25, -0.2) is 0 Å². The van der Waals surface area contributed by atoms with Gasteiger partial charge in [0, 0.05) is 31.4 Å². The molecule has 0 radical (unpaired) electrons. The average molecular weight is 250 g/mol. The van der Waals surface area contributed by atoms with Gasteiger partial charge in [0.15, 0.2) is 0 Å². The zero-order chi connectivity index (χ0) is 13.3. The number of aryl methyl sites for hydroxylation is 1. The highest BCUT2D eigenvalue weighted by atomic mass is 15.3. The minimum Gasteiger partial charge on any atom is -0.329 e. The van der Waals surface area contributed by atoms with Crippen LogP contribution in [0.15, 0.2) is 6.20 Å². The summed E-state index contributed by atoms with van der Waals surface area (Å²) in [4.78, 5) is 2.54. The van der Waals surface area contributed by atoms with E-state index in [0.717, 1.165) is 13.1 Å². The van der Waals surface area contributed by atoms with Gasteiger partial charge in [-0.1, -0.05) is 13.8 Å². The van der Waals surface area contributed by atoms with Crippen LogP contribution in [0.3, 0.4) is 0 Å². The molecular weight excluding hydrogens is 224 g/mol. The predicted molar refractivity (Wildman–Crippen MR) is 74.3 cm³/mol. The van der Waals surface area contributed by atoms with E-state index in [1.807, 2.05) is 17.9 Å². The summed E-state index contributed by atoms with van der Waals surface area (Å²) in [6.07, 6.45) is 4.56. The van der Waals surface area contributed by atoms with E-state index in [9.17, 15) is 0 Å². The molecule has 102 valence electrons. The molecule has 1 atom stereocenters. The third-order valence-corrected chi connectivity index (χ3v) is 4.23. The smallest absolute Gasteiger partial charge is 0.0540 e. The fourth-order valence-electron chi connectivity index (χ4n) is 3.05. The molecule has 1 aliphatic rings. The van der Waals surface area contributed by atoms with E-state index < -0.39 is 0 Å². The Morgan fingerprint density at radius 3 is 2.72 bits per heavy atom. The molecule has 18 heavy (non-hydrogen) atoms. The van der Waals surface area contributed by atoms with Gasteiger partial charge in [0.25, 0.3) is 0 Å². The molecule has 1 unspecified atom stereocenters. The van der Waals surface area contributed by atoms with Crippen LogP contribution in [0.1, 0.15) is 44.0 Å². The van der Waals surface area contributed by atoms with E-state index in [0.29, 0.717) is 18.0 Å². The van der Waals surface area contributed by atoms with Gasteiger partial charge in [-0.05, 0) is 31.7 Å². The van der Waals surface area contributed by atoms with Gasteiger partial charge < -0.3 is 5.73 Å². The first kappa shape index (κ1) is 13.6. The fraction of sp³-hybridized carbons (Fsp3) is 0.786. The van der Waals surface area contributed by atoms with E-state index in [-0.39, 0.29) is 0 Å². The second-order valence-corrected chi connectivity index (χ2v) is 6.30. The minimum absolute atomic E-state index is 0.318. The monoisotopic (exact) mass is 250 g/mol. The van der Waals surface area contributed by atoms with E-state index in [1.54, 1.807) is 0 Å². The number of hydrogen-bond donors (Lipinski definition) is 1. The largest absolute Gasteiger partial charge is 0.329 e. The van der Waals surface area contributed by atoms with Crippen molar-refractivity contribution in [1.82, 2.24) is 14.7 Å². The molecule has 4 heteroatoms. The number of rotatable bonds is 3. The standard InChI is InChI=1S/C14H26N4/c1-11-12(9-16-17(11)4)13(8-15)18-7-5-6-14(2,3)10-18/h9,13H,5-8,10,15H2,1-4H3. The van der Waals surface area contributed by atoms with E-state index in [2.05, 4.69) is 30.8 Å². The van der Waals surface area contributed by atoms with Crippen LogP contribution >= 0.6 is 0 Å². The summed E-state index contributed by atoms with van der Waals surface area (Å²) in [5.74, 6) is 0. The van der Waals surface area contributed by atoms with E-state index in [1.165, 1.54) is 24.1 Å². The summed E-state index contributed by atoms with van der Waals surface area (Å²) in [6, 6.07) is 0.318. The van der Waals surface area contributed by atoms with Gasteiger partial charge in [-0.2, -0.15) is 5.10 Å². The Morgan fingerprint density at radius 1 is 1.50 bits per heavy atom. The van der Waals surface area contributed by atoms with Crippen molar-refractivity contribution in [3.63, 3.8) is 0 Å². The number of likely N-dealkylation sites (tertiary alicyclic amines) is 1. The Labute approximate surface area is 110 Å². The molecule has 0 spiro atoms. The maximum absolute atomic E-state index is 6.02. The highest BCUT2D eigenvalue weighted by Crippen LogP contribution is 2.33. The topological polar surface area (TPSA) is 47.1 Å². The summed E-state index contributed by atoms with van der Waals surface area (Å²) in [6.45, 7) is 9.78. The summed E-state index contributed by atoms with van der Waals surface area (Å²) < 4.78 is 1.94. The predicted octanol–water partition coefficient (Wildman–Crippen LogP) is 1.85. The van der Waals surface area contributed by atoms with Crippen LogP contribution in [0.25, 0.3) is 0 Å². The van der Waals surface area contributed by atoms with Crippen molar-refractivity contribution >= 4 is 0 Å². The first-order valence-corrected chi connectivity index (χ1v) is 6.87. The van der Waals surface area contributed by atoms with Crippen molar-refractivity contribution in [2.75, 3.05) is 19.6 Å². The molecule has 2 N–H and O–H groups in total. The van der Waals surface area contributed by atoms with Gasteiger partial charge in [-0.3, -0.25) is 9.58 Å². The third kappa shape index (κ3) is 2.59. The van der Waals surface area contributed by atoms with Gasteiger partial charge in [0.1, 0.15) is 0 Å². The highest BCUT2D eigenvalue weighted by Gasteiger charge is 2.31. The number of aromatic nitrogens is 2. The molecule has 4 nitrogen and oxygen atoms in total. The lowest BCUT2D eigenvalue weighted by Gasteiger charge is -2.42. The Bertz CT molecular complexity index is 408. The maximum Gasteiger partial charge on any atom is 0.0540 e. The molecule has 0 amide bonds. The molecular formula is C14H26N4. The first-order chi connectivity index (χ1) is 8.44. The average Bonchev–Trinajstić information content (AvgIpc) is 2.61. The molecule has 1 aromatic heterocycles. The summed E-state index contributed by atoms with van der Waals surface area (Å²) in [7, 11) is 1.99. The fourth-order valence-corrected chi connectivity index (χ4v) is 3.05. The summed E-state index contributed by atoms with van der Waals surface area (Å²) in [5.41, 5.74) is 8.95. The number of hydrogen-bond acceptors (Lipinski definition) is 3. The van der Waals surface area contributed by atoms with Crippen LogP contribution in [-0.2, 0) is 7.05 Å². The van der Waals surface area contributed by atoms with Gasteiger partial charge in [0.2, 0.25) is 0 Å². The van der Waals surface area contributed by atoms with E-state index in [4.69, 9.17) is 5.73 Å². The molecule has 0 aromatic carbocycles. The molecule has 0 aliphatic carbocycles. The van der Waals surface area contributed by atoms with Gasteiger partial charge >= 0.3 is 0 Å². The molecule has 0 saturated carbocycles. The molecule has 0 bridgehead atoms. The second-order valence-electron chi connectivity index (χ2n) is 6.30. The van der Waals surface area contributed by atoms with Crippen LogP contribution < -0.4 is 5.73 Å². The van der Waals surface area contributed by atoms with Crippen LogP contribution in [0.2, 0.25) is 0 Å². The van der Waals surface area contributed by atoms with Crippen LogP contribution in [0.4, 0.5) is 0 Å². The third-order valence-electron chi connectivity index (χ3n) is 4.23. The molecule has 1 aromatic rings. The molecule has 1 fully saturated rings.